The Kier molecular flexibility index (Phi) is 2.60. The van der Waals surface area contributed by atoms with E-state index in [0.717, 1.165) is 13.0 Å². The quantitative estimate of drug-likeness (QED) is 0.739. The van der Waals surface area contributed by atoms with Gasteiger partial charge in [0.2, 0.25) is 0 Å². The van der Waals surface area contributed by atoms with Crippen LogP contribution < -0.4 is 4.90 Å². The fraction of sp³-hybridized carbons (Fsp3) is 0.250. The maximum atomic E-state index is 2.50. The lowest BCUT2D eigenvalue weighted by molar-refractivity contribution is 0.648. The van der Waals surface area contributed by atoms with Gasteiger partial charge in [-0.15, -0.1) is 0 Å². The average molecular weight is 223 g/mol. The van der Waals surface area contributed by atoms with Gasteiger partial charge in [-0.05, 0) is 29.7 Å². The molecule has 1 aliphatic heterocycles. The summed E-state index contributed by atoms with van der Waals surface area (Å²) in [6, 6.07) is 20.1. The first-order valence-corrected chi connectivity index (χ1v) is 6.29. The van der Waals surface area contributed by atoms with Gasteiger partial charge >= 0.3 is 0 Å². The number of hydrogen-bond donors (Lipinski definition) is 0. The van der Waals surface area contributed by atoms with Crippen molar-refractivity contribution in [2.75, 3.05) is 4.90 Å². The first-order valence-electron chi connectivity index (χ1n) is 6.29. The Balaban J connectivity index is 2.00. The fourth-order valence-corrected chi connectivity index (χ4v) is 2.80. The number of hydrogen-bond acceptors (Lipinski definition) is 1. The summed E-state index contributed by atoms with van der Waals surface area (Å²) in [6.07, 6.45) is 1.16. The van der Waals surface area contributed by atoms with Gasteiger partial charge in [-0.25, -0.2) is 0 Å². The highest BCUT2D eigenvalue weighted by atomic mass is 15.2. The first-order chi connectivity index (χ1) is 8.40. The van der Waals surface area contributed by atoms with Crippen LogP contribution >= 0.6 is 0 Å². The average Bonchev–Trinajstić information content (AvgIpc) is 2.78. The van der Waals surface area contributed by atoms with Crippen LogP contribution in [0.2, 0.25) is 0 Å². The van der Waals surface area contributed by atoms with Crippen LogP contribution in [0.25, 0.3) is 0 Å². The molecular weight excluding hydrogens is 206 g/mol. The van der Waals surface area contributed by atoms with Crippen molar-refractivity contribution in [2.24, 2.45) is 0 Å². The lowest BCUT2D eigenvalue weighted by Crippen LogP contribution is -2.20. The van der Waals surface area contributed by atoms with Crippen LogP contribution in [0.3, 0.4) is 0 Å². The Morgan fingerprint density at radius 1 is 1.00 bits per heavy atom. The van der Waals surface area contributed by atoms with Gasteiger partial charge in [0.1, 0.15) is 0 Å². The second kappa shape index (κ2) is 4.25. The summed E-state index contributed by atoms with van der Waals surface area (Å²) < 4.78 is 0. The van der Waals surface area contributed by atoms with E-state index in [4.69, 9.17) is 0 Å². The van der Waals surface area contributed by atoms with E-state index in [1.165, 1.54) is 16.8 Å². The SMILES string of the molecule is CCC1c2ccccc2CN1c1ccccc1. The molecule has 17 heavy (non-hydrogen) atoms. The van der Waals surface area contributed by atoms with Crippen LogP contribution in [0.5, 0.6) is 0 Å². The lowest BCUT2D eigenvalue weighted by atomic mass is 10.0. The van der Waals surface area contributed by atoms with Crippen LogP contribution in [0.4, 0.5) is 5.69 Å². The van der Waals surface area contributed by atoms with E-state index in [1.54, 1.807) is 0 Å². The molecule has 2 aromatic carbocycles. The Labute approximate surface area is 103 Å². The highest BCUT2D eigenvalue weighted by Crippen LogP contribution is 2.38. The smallest absolute Gasteiger partial charge is 0.0546 e. The Morgan fingerprint density at radius 3 is 2.47 bits per heavy atom. The zero-order chi connectivity index (χ0) is 11.7. The lowest BCUT2D eigenvalue weighted by Gasteiger charge is -2.26. The maximum Gasteiger partial charge on any atom is 0.0546 e. The molecule has 0 bridgehead atoms. The minimum atomic E-state index is 0.536. The molecule has 0 fully saturated rings. The van der Waals surface area contributed by atoms with E-state index < -0.39 is 0 Å². The van der Waals surface area contributed by atoms with Gasteiger partial charge in [-0.2, -0.15) is 0 Å². The molecule has 1 aliphatic rings. The molecule has 1 nitrogen and oxygen atoms in total. The molecule has 1 heterocycles. The van der Waals surface area contributed by atoms with Crippen molar-refractivity contribution in [1.82, 2.24) is 0 Å². The molecule has 0 N–H and O–H groups in total. The first kappa shape index (κ1) is 10.4. The van der Waals surface area contributed by atoms with E-state index in [0.29, 0.717) is 6.04 Å². The van der Waals surface area contributed by atoms with Crippen molar-refractivity contribution in [3.63, 3.8) is 0 Å². The number of para-hydroxylation sites is 1. The fourth-order valence-electron chi connectivity index (χ4n) is 2.80. The summed E-state index contributed by atoms with van der Waals surface area (Å²) >= 11 is 0. The summed E-state index contributed by atoms with van der Waals surface area (Å²) in [7, 11) is 0. The van der Waals surface area contributed by atoms with Gasteiger partial charge in [0, 0.05) is 12.2 Å². The van der Waals surface area contributed by atoms with Gasteiger partial charge in [0.05, 0.1) is 6.04 Å². The normalized spacial score (nSPS) is 18.2. The van der Waals surface area contributed by atoms with Gasteiger partial charge in [-0.1, -0.05) is 49.4 Å². The van der Waals surface area contributed by atoms with Gasteiger partial charge < -0.3 is 4.90 Å². The zero-order valence-electron chi connectivity index (χ0n) is 10.1. The van der Waals surface area contributed by atoms with Crippen molar-refractivity contribution < 1.29 is 0 Å². The monoisotopic (exact) mass is 223 g/mol. The molecule has 0 saturated carbocycles. The van der Waals surface area contributed by atoms with Crippen LogP contribution in [0, 0.1) is 0 Å². The molecule has 1 unspecified atom stereocenters. The maximum absolute atomic E-state index is 2.50. The number of benzene rings is 2. The second-order valence-corrected chi connectivity index (χ2v) is 4.59. The largest absolute Gasteiger partial charge is 0.360 e. The molecule has 0 spiro atoms. The summed E-state index contributed by atoms with van der Waals surface area (Å²) in [5.41, 5.74) is 4.30. The van der Waals surface area contributed by atoms with Gasteiger partial charge in [0.25, 0.3) is 0 Å². The molecule has 0 saturated heterocycles. The van der Waals surface area contributed by atoms with E-state index in [-0.39, 0.29) is 0 Å². The Morgan fingerprint density at radius 2 is 1.71 bits per heavy atom. The standard InChI is InChI=1S/C16H17N/c1-2-16-15-11-7-6-8-13(15)12-17(16)14-9-4-3-5-10-14/h3-11,16H,2,12H2,1H3. The molecule has 2 aromatic rings. The summed E-state index contributed by atoms with van der Waals surface area (Å²) in [4.78, 5) is 2.50. The van der Waals surface area contributed by atoms with Crippen molar-refractivity contribution >= 4 is 5.69 Å². The molecule has 86 valence electrons. The molecule has 1 heteroatoms. The second-order valence-electron chi connectivity index (χ2n) is 4.59. The number of rotatable bonds is 2. The van der Waals surface area contributed by atoms with E-state index in [1.807, 2.05) is 0 Å². The third kappa shape index (κ3) is 1.72. The van der Waals surface area contributed by atoms with Crippen molar-refractivity contribution in [3.8, 4) is 0 Å². The summed E-state index contributed by atoms with van der Waals surface area (Å²) in [6.45, 7) is 3.31. The van der Waals surface area contributed by atoms with Crippen LogP contribution in [0.1, 0.15) is 30.5 Å². The predicted molar refractivity (Wildman–Crippen MR) is 72.1 cm³/mol. The highest BCUT2D eigenvalue weighted by Gasteiger charge is 2.28. The predicted octanol–water partition coefficient (Wildman–Crippen LogP) is 4.16. The van der Waals surface area contributed by atoms with E-state index in [2.05, 4.69) is 66.4 Å². The van der Waals surface area contributed by atoms with Crippen LogP contribution in [-0.2, 0) is 6.54 Å². The highest BCUT2D eigenvalue weighted by molar-refractivity contribution is 5.54. The molecule has 0 aliphatic carbocycles. The molecule has 0 amide bonds. The molecule has 3 rings (SSSR count). The molecule has 0 aromatic heterocycles. The van der Waals surface area contributed by atoms with Crippen molar-refractivity contribution in [2.45, 2.75) is 25.9 Å². The molecular formula is C16H17N. The zero-order valence-corrected chi connectivity index (χ0v) is 10.1. The summed E-state index contributed by atoms with van der Waals surface area (Å²) in [5, 5.41) is 0. The van der Waals surface area contributed by atoms with Crippen LogP contribution in [-0.4, -0.2) is 0 Å². The minimum Gasteiger partial charge on any atom is -0.360 e. The Bertz CT molecular complexity index is 504. The topological polar surface area (TPSA) is 3.24 Å². The summed E-state index contributed by atoms with van der Waals surface area (Å²) in [5.74, 6) is 0. The van der Waals surface area contributed by atoms with E-state index >= 15 is 0 Å². The van der Waals surface area contributed by atoms with Crippen LogP contribution in [0.15, 0.2) is 54.6 Å². The number of nitrogens with zero attached hydrogens (tertiary/aromatic N) is 1. The van der Waals surface area contributed by atoms with E-state index in [9.17, 15) is 0 Å². The molecule has 1 atom stereocenters. The van der Waals surface area contributed by atoms with Crippen molar-refractivity contribution in [1.29, 1.82) is 0 Å². The third-order valence-corrected chi connectivity index (χ3v) is 3.61. The van der Waals surface area contributed by atoms with Crippen molar-refractivity contribution in [3.05, 3.63) is 65.7 Å². The number of anilines is 1. The Hall–Kier alpha value is -1.76. The minimum absolute atomic E-state index is 0.536. The van der Waals surface area contributed by atoms with Gasteiger partial charge in [0.15, 0.2) is 0 Å². The van der Waals surface area contributed by atoms with Gasteiger partial charge in [-0.3, -0.25) is 0 Å². The molecule has 0 radical (unpaired) electrons. The number of fused-ring (bicyclic) bond motifs is 1. The third-order valence-electron chi connectivity index (χ3n) is 3.61.